The molecular weight excluding hydrogens is 294 g/mol. The lowest BCUT2D eigenvalue weighted by Crippen LogP contribution is -2.56. The molecule has 2 rings (SSSR count). The van der Waals surface area contributed by atoms with E-state index in [0.29, 0.717) is 23.6 Å². The molecule has 1 saturated carbocycles. The van der Waals surface area contributed by atoms with Crippen LogP contribution in [-0.4, -0.2) is 34.2 Å². The molecule has 1 aliphatic carbocycles. The molecule has 0 aromatic carbocycles. The number of halogens is 1. The Morgan fingerprint density at radius 1 is 1.33 bits per heavy atom. The quantitative estimate of drug-likeness (QED) is 0.741. The van der Waals surface area contributed by atoms with Gasteiger partial charge in [0.1, 0.15) is 5.15 Å². The first kappa shape index (κ1) is 15.6. The lowest BCUT2D eigenvalue weighted by Gasteiger charge is -2.37. The smallest absolute Gasteiger partial charge is 0.404 e. The molecule has 114 valence electrons. The van der Waals surface area contributed by atoms with Crippen molar-refractivity contribution in [2.75, 3.05) is 0 Å². The van der Waals surface area contributed by atoms with Crippen molar-refractivity contribution in [3.05, 3.63) is 29.0 Å². The number of pyridine rings is 1. The Balaban J connectivity index is 1.95. The largest absolute Gasteiger partial charge is 0.465 e. The molecule has 0 saturated heterocycles. The number of carbonyl (C=O) groups is 2. The number of amides is 2. The Bertz CT molecular complexity index is 556. The first-order valence-electron chi connectivity index (χ1n) is 6.72. The summed E-state index contributed by atoms with van der Waals surface area (Å²) in [5, 5.41) is 14.2. The van der Waals surface area contributed by atoms with E-state index < -0.39 is 11.5 Å². The number of aromatic nitrogens is 1. The molecule has 21 heavy (non-hydrogen) atoms. The van der Waals surface area contributed by atoms with Gasteiger partial charge >= 0.3 is 6.09 Å². The molecule has 2 amide bonds. The third-order valence-electron chi connectivity index (χ3n) is 3.80. The van der Waals surface area contributed by atoms with Gasteiger partial charge in [-0.2, -0.15) is 0 Å². The van der Waals surface area contributed by atoms with Crippen molar-refractivity contribution in [2.24, 2.45) is 0 Å². The van der Waals surface area contributed by atoms with Gasteiger partial charge in [-0.25, -0.2) is 9.78 Å². The van der Waals surface area contributed by atoms with Gasteiger partial charge in [0, 0.05) is 23.8 Å². The molecule has 1 fully saturated rings. The fraction of sp³-hybridized carbons (Fsp3) is 0.500. The Morgan fingerprint density at radius 2 is 1.95 bits per heavy atom. The summed E-state index contributed by atoms with van der Waals surface area (Å²) in [6, 6.07) is 3.43. The van der Waals surface area contributed by atoms with E-state index in [0.717, 1.165) is 0 Å². The van der Waals surface area contributed by atoms with E-state index in [9.17, 15) is 9.59 Å². The zero-order chi connectivity index (χ0) is 15.6. The summed E-state index contributed by atoms with van der Waals surface area (Å²) in [6.07, 6.45) is 1.75. The molecule has 1 aromatic rings. The standard InChI is InChI=1S/C14H18ClN3O3/c1-14(2,10-4-3-5-16-11(10)15)12(19)17-8-6-9(7-8)18-13(20)21/h3-5,8-9,18H,6-7H2,1-2H3,(H,17,19)(H,20,21). The van der Waals surface area contributed by atoms with Crippen LogP contribution in [0, 0.1) is 0 Å². The van der Waals surface area contributed by atoms with E-state index in [2.05, 4.69) is 15.6 Å². The van der Waals surface area contributed by atoms with Gasteiger partial charge in [-0.15, -0.1) is 0 Å². The van der Waals surface area contributed by atoms with Gasteiger partial charge in [0.25, 0.3) is 0 Å². The van der Waals surface area contributed by atoms with Crippen LogP contribution in [0.3, 0.4) is 0 Å². The van der Waals surface area contributed by atoms with Crippen LogP contribution in [0.2, 0.25) is 5.15 Å². The average Bonchev–Trinajstić information content (AvgIpc) is 2.35. The minimum absolute atomic E-state index is 0.0101. The molecule has 1 heterocycles. The van der Waals surface area contributed by atoms with Crippen LogP contribution in [0.25, 0.3) is 0 Å². The lowest BCUT2D eigenvalue weighted by atomic mass is 9.82. The van der Waals surface area contributed by atoms with E-state index in [-0.39, 0.29) is 18.0 Å². The maximum Gasteiger partial charge on any atom is 0.404 e. The fourth-order valence-electron chi connectivity index (χ4n) is 2.37. The Morgan fingerprint density at radius 3 is 2.52 bits per heavy atom. The minimum Gasteiger partial charge on any atom is -0.465 e. The second-order valence-electron chi connectivity index (χ2n) is 5.75. The Labute approximate surface area is 127 Å². The van der Waals surface area contributed by atoms with Gasteiger partial charge < -0.3 is 15.7 Å². The van der Waals surface area contributed by atoms with Crippen LogP contribution >= 0.6 is 11.6 Å². The third kappa shape index (κ3) is 3.44. The minimum atomic E-state index is -1.03. The molecular formula is C14H18ClN3O3. The number of nitrogens with one attached hydrogen (secondary N) is 2. The fourth-order valence-corrected chi connectivity index (χ4v) is 2.72. The predicted molar refractivity (Wildman–Crippen MR) is 78.4 cm³/mol. The number of hydrogen-bond acceptors (Lipinski definition) is 3. The molecule has 0 aliphatic heterocycles. The highest BCUT2D eigenvalue weighted by Gasteiger charge is 2.37. The number of nitrogens with zero attached hydrogens (tertiary/aromatic N) is 1. The zero-order valence-electron chi connectivity index (χ0n) is 11.9. The molecule has 3 N–H and O–H groups in total. The van der Waals surface area contributed by atoms with Gasteiger partial charge in [-0.3, -0.25) is 4.79 Å². The molecule has 0 atom stereocenters. The van der Waals surface area contributed by atoms with Gasteiger partial charge in [-0.1, -0.05) is 17.7 Å². The van der Waals surface area contributed by atoms with Crippen molar-refractivity contribution in [3.8, 4) is 0 Å². The molecule has 0 radical (unpaired) electrons. The van der Waals surface area contributed by atoms with E-state index in [1.54, 1.807) is 32.2 Å². The number of carbonyl (C=O) groups excluding carboxylic acids is 1. The van der Waals surface area contributed by atoms with E-state index >= 15 is 0 Å². The normalized spacial score (nSPS) is 21.3. The molecule has 1 aliphatic rings. The maximum absolute atomic E-state index is 12.4. The highest BCUT2D eigenvalue weighted by Crippen LogP contribution is 2.30. The number of carboxylic acid groups (broad SMARTS) is 1. The first-order chi connectivity index (χ1) is 9.80. The molecule has 0 spiro atoms. The van der Waals surface area contributed by atoms with Crippen LogP contribution in [0.5, 0.6) is 0 Å². The van der Waals surface area contributed by atoms with Crippen LogP contribution in [0.4, 0.5) is 4.79 Å². The summed E-state index contributed by atoms with van der Waals surface area (Å²) in [4.78, 5) is 26.9. The van der Waals surface area contributed by atoms with Gasteiger partial charge in [0.2, 0.25) is 5.91 Å². The monoisotopic (exact) mass is 311 g/mol. The zero-order valence-corrected chi connectivity index (χ0v) is 12.6. The van der Waals surface area contributed by atoms with Crippen molar-refractivity contribution in [1.82, 2.24) is 15.6 Å². The first-order valence-corrected chi connectivity index (χ1v) is 7.10. The molecule has 1 aromatic heterocycles. The maximum atomic E-state index is 12.4. The van der Waals surface area contributed by atoms with Crippen molar-refractivity contribution in [2.45, 2.75) is 44.2 Å². The van der Waals surface area contributed by atoms with Crippen molar-refractivity contribution in [1.29, 1.82) is 0 Å². The second-order valence-corrected chi connectivity index (χ2v) is 6.11. The molecule has 6 nitrogen and oxygen atoms in total. The number of hydrogen-bond donors (Lipinski definition) is 3. The van der Waals surface area contributed by atoms with Crippen LogP contribution in [-0.2, 0) is 10.2 Å². The number of rotatable bonds is 4. The summed E-state index contributed by atoms with van der Waals surface area (Å²) in [5.41, 5.74) is -0.125. The van der Waals surface area contributed by atoms with Gasteiger partial charge in [-0.05, 0) is 32.8 Å². The second kappa shape index (κ2) is 5.89. The summed E-state index contributed by atoms with van der Waals surface area (Å²) in [7, 11) is 0. The highest BCUT2D eigenvalue weighted by molar-refractivity contribution is 6.30. The molecule has 0 unspecified atom stereocenters. The van der Waals surface area contributed by atoms with Crippen molar-refractivity contribution < 1.29 is 14.7 Å². The average molecular weight is 312 g/mol. The predicted octanol–water partition coefficient (Wildman–Crippen LogP) is 1.93. The van der Waals surface area contributed by atoms with E-state index in [1.807, 2.05) is 0 Å². The lowest BCUT2D eigenvalue weighted by molar-refractivity contribution is -0.127. The Hall–Kier alpha value is -1.82. The van der Waals surface area contributed by atoms with E-state index in [4.69, 9.17) is 16.7 Å². The van der Waals surface area contributed by atoms with Crippen LogP contribution in [0.15, 0.2) is 18.3 Å². The topological polar surface area (TPSA) is 91.3 Å². The molecule has 7 heteroatoms. The van der Waals surface area contributed by atoms with Crippen LogP contribution in [0.1, 0.15) is 32.3 Å². The van der Waals surface area contributed by atoms with Crippen LogP contribution < -0.4 is 10.6 Å². The van der Waals surface area contributed by atoms with Gasteiger partial charge in [0.05, 0.1) is 5.41 Å². The van der Waals surface area contributed by atoms with Crippen molar-refractivity contribution in [3.63, 3.8) is 0 Å². The van der Waals surface area contributed by atoms with Crippen molar-refractivity contribution >= 4 is 23.6 Å². The summed E-state index contributed by atoms with van der Waals surface area (Å²) >= 11 is 6.05. The summed E-state index contributed by atoms with van der Waals surface area (Å²) < 4.78 is 0. The highest BCUT2D eigenvalue weighted by atomic mass is 35.5. The summed E-state index contributed by atoms with van der Waals surface area (Å²) in [5.74, 6) is -0.142. The molecule has 0 bridgehead atoms. The summed E-state index contributed by atoms with van der Waals surface area (Å²) in [6.45, 7) is 3.58. The van der Waals surface area contributed by atoms with E-state index in [1.165, 1.54) is 0 Å². The third-order valence-corrected chi connectivity index (χ3v) is 4.10. The SMILES string of the molecule is CC(C)(C(=O)NC1CC(NC(=O)O)C1)c1cccnc1Cl. The Kier molecular flexibility index (Phi) is 4.37. The van der Waals surface area contributed by atoms with Gasteiger partial charge in [0.15, 0.2) is 0 Å².